The van der Waals surface area contributed by atoms with Crippen molar-refractivity contribution >= 4 is 35.0 Å². The highest BCUT2D eigenvalue weighted by molar-refractivity contribution is 7.99. The molecule has 0 unspecified atom stereocenters. The lowest BCUT2D eigenvalue weighted by Crippen LogP contribution is -2.14. The molecule has 94 valence electrons. The van der Waals surface area contributed by atoms with Gasteiger partial charge in [0.05, 0.1) is 16.5 Å². The number of hydrogen-bond acceptors (Lipinski definition) is 4. The zero-order chi connectivity index (χ0) is 13.0. The Morgan fingerprint density at radius 1 is 1.56 bits per heavy atom. The summed E-state index contributed by atoms with van der Waals surface area (Å²) in [6.45, 7) is 1.94. The lowest BCUT2D eigenvalue weighted by molar-refractivity contribution is -0.113. The molecule has 0 saturated carbocycles. The molecule has 0 radical (unpaired) electrons. The van der Waals surface area contributed by atoms with Crippen LogP contribution in [0.2, 0.25) is 5.02 Å². The fourth-order valence-corrected chi connectivity index (χ4v) is 2.06. The summed E-state index contributed by atoms with van der Waals surface area (Å²) in [6.07, 6.45) is 1.40. The van der Waals surface area contributed by atoms with Gasteiger partial charge in [0.1, 0.15) is 6.33 Å². The van der Waals surface area contributed by atoms with Gasteiger partial charge in [0, 0.05) is 0 Å². The summed E-state index contributed by atoms with van der Waals surface area (Å²) in [6, 6.07) is 5.48. The average molecular weight is 283 g/mol. The maximum atomic E-state index is 11.7. The molecule has 5 nitrogen and oxygen atoms in total. The molecule has 0 spiro atoms. The average Bonchev–Trinajstić information content (AvgIpc) is 2.84. The SMILES string of the molecule is Cc1ccc(Cl)c(NC(=O)CSc2ncn[nH]2)c1. The second-order valence-corrected chi connectivity index (χ2v) is 4.98. The van der Waals surface area contributed by atoms with Gasteiger partial charge < -0.3 is 5.32 Å². The Morgan fingerprint density at radius 2 is 2.39 bits per heavy atom. The van der Waals surface area contributed by atoms with Crippen LogP contribution in [0.15, 0.2) is 29.7 Å². The number of anilines is 1. The zero-order valence-electron chi connectivity index (χ0n) is 9.61. The van der Waals surface area contributed by atoms with Crippen molar-refractivity contribution in [2.75, 3.05) is 11.1 Å². The number of rotatable bonds is 4. The van der Waals surface area contributed by atoms with E-state index < -0.39 is 0 Å². The fourth-order valence-electron chi connectivity index (χ4n) is 1.32. The Bertz CT molecular complexity index is 544. The van der Waals surface area contributed by atoms with Gasteiger partial charge in [0.15, 0.2) is 5.16 Å². The minimum atomic E-state index is -0.135. The van der Waals surface area contributed by atoms with Crippen LogP contribution >= 0.6 is 23.4 Å². The predicted octanol–water partition coefficient (Wildman–Crippen LogP) is 2.50. The van der Waals surface area contributed by atoms with Gasteiger partial charge >= 0.3 is 0 Å². The van der Waals surface area contributed by atoms with Crippen LogP contribution < -0.4 is 5.32 Å². The van der Waals surface area contributed by atoms with Crippen LogP contribution in [-0.2, 0) is 4.79 Å². The van der Waals surface area contributed by atoms with Crippen molar-refractivity contribution in [1.29, 1.82) is 0 Å². The summed E-state index contributed by atoms with van der Waals surface area (Å²) in [5.74, 6) is 0.114. The van der Waals surface area contributed by atoms with Crippen molar-refractivity contribution in [2.24, 2.45) is 0 Å². The van der Waals surface area contributed by atoms with Crippen LogP contribution in [-0.4, -0.2) is 26.8 Å². The molecule has 0 aliphatic rings. The lowest BCUT2D eigenvalue weighted by atomic mass is 10.2. The van der Waals surface area contributed by atoms with Crippen molar-refractivity contribution in [1.82, 2.24) is 15.2 Å². The van der Waals surface area contributed by atoms with E-state index in [1.54, 1.807) is 6.07 Å². The number of amides is 1. The maximum absolute atomic E-state index is 11.7. The Balaban J connectivity index is 1.92. The van der Waals surface area contributed by atoms with E-state index in [2.05, 4.69) is 20.5 Å². The van der Waals surface area contributed by atoms with Crippen LogP contribution in [0, 0.1) is 6.92 Å². The number of thioether (sulfide) groups is 1. The molecule has 7 heteroatoms. The molecule has 0 bridgehead atoms. The number of aromatic amines is 1. The molecule has 2 rings (SSSR count). The Hall–Kier alpha value is -1.53. The van der Waals surface area contributed by atoms with Crippen molar-refractivity contribution in [3.05, 3.63) is 35.1 Å². The third kappa shape index (κ3) is 3.48. The third-order valence-corrected chi connectivity index (χ3v) is 3.34. The highest BCUT2D eigenvalue weighted by Gasteiger charge is 2.07. The molecule has 0 atom stereocenters. The molecular weight excluding hydrogens is 272 g/mol. The number of aryl methyl sites for hydroxylation is 1. The second-order valence-electron chi connectivity index (χ2n) is 3.61. The minimum Gasteiger partial charge on any atom is -0.324 e. The topological polar surface area (TPSA) is 70.7 Å². The van der Waals surface area contributed by atoms with Crippen LogP contribution in [0.3, 0.4) is 0 Å². The first-order chi connectivity index (χ1) is 8.65. The molecule has 0 aliphatic heterocycles. The van der Waals surface area contributed by atoms with E-state index in [0.29, 0.717) is 15.9 Å². The van der Waals surface area contributed by atoms with Gasteiger partial charge in [0.25, 0.3) is 0 Å². The Kier molecular flexibility index (Phi) is 4.22. The van der Waals surface area contributed by atoms with Crippen molar-refractivity contribution < 1.29 is 4.79 Å². The summed E-state index contributed by atoms with van der Waals surface area (Å²) >= 11 is 7.27. The van der Waals surface area contributed by atoms with Crippen molar-refractivity contribution in [3.63, 3.8) is 0 Å². The molecule has 2 N–H and O–H groups in total. The standard InChI is InChI=1S/C11H11ClN4OS/c1-7-2-3-8(12)9(4-7)15-10(17)5-18-11-13-6-14-16-11/h2-4,6H,5H2,1H3,(H,15,17)(H,13,14,16). The Labute approximate surface area is 113 Å². The summed E-state index contributed by atoms with van der Waals surface area (Å²) in [4.78, 5) is 15.6. The van der Waals surface area contributed by atoms with Gasteiger partial charge in [-0.25, -0.2) is 4.98 Å². The van der Waals surface area contributed by atoms with Gasteiger partial charge in [0.2, 0.25) is 5.91 Å². The summed E-state index contributed by atoms with van der Waals surface area (Å²) in [5.41, 5.74) is 1.66. The van der Waals surface area contributed by atoms with Gasteiger partial charge in [-0.2, -0.15) is 5.10 Å². The monoisotopic (exact) mass is 282 g/mol. The van der Waals surface area contributed by atoms with E-state index in [1.807, 2.05) is 19.1 Å². The quantitative estimate of drug-likeness (QED) is 0.845. The number of aromatic nitrogens is 3. The number of benzene rings is 1. The smallest absolute Gasteiger partial charge is 0.234 e. The number of hydrogen-bond donors (Lipinski definition) is 2. The molecule has 0 aliphatic carbocycles. The Morgan fingerprint density at radius 3 is 3.11 bits per heavy atom. The highest BCUT2D eigenvalue weighted by atomic mass is 35.5. The number of nitrogens with one attached hydrogen (secondary N) is 2. The van der Waals surface area contributed by atoms with Crippen LogP contribution in [0.25, 0.3) is 0 Å². The summed E-state index contributed by atoms with van der Waals surface area (Å²) in [7, 11) is 0. The number of carbonyl (C=O) groups excluding carboxylic acids is 1. The van der Waals surface area contributed by atoms with Crippen molar-refractivity contribution in [2.45, 2.75) is 12.1 Å². The third-order valence-electron chi connectivity index (χ3n) is 2.13. The normalized spacial score (nSPS) is 10.3. The second kappa shape index (κ2) is 5.88. The molecule has 1 heterocycles. The molecule has 1 aromatic carbocycles. The van der Waals surface area contributed by atoms with Gasteiger partial charge in [-0.1, -0.05) is 29.4 Å². The lowest BCUT2D eigenvalue weighted by Gasteiger charge is -2.07. The van der Waals surface area contributed by atoms with Crippen molar-refractivity contribution in [3.8, 4) is 0 Å². The molecule has 1 aromatic heterocycles. The number of carbonyl (C=O) groups is 1. The van der Waals surface area contributed by atoms with E-state index in [4.69, 9.17) is 11.6 Å². The molecule has 2 aromatic rings. The fraction of sp³-hybridized carbons (Fsp3) is 0.182. The first kappa shape index (κ1) is 12.9. The van der Waals surface area contributed by atoms with Crippen LogP contribution in [0.5, 0.6) is 0 Å². The van der Waals surface area contributed by atoms with E-state index in [0.717, 1.165) is 5.56 Å². The van der Waals surface area contributed by atoms with E-state index in [1.165, 1.54) is 18.1 Å². The molecule has 0 fully saturated rings. The molecule has 0 saturated heterocycles. The minimum absolute atomic E-state index is 0.135. The first-order valence-corrected chi connectivity index (χ1v) is 6.55. The highest BCUT2D eigenvalue weighted by Crippen LogP contribution is 2.23. The van der Waals surface area contributed by atoms with Gasteiger partial charge in [-0.05, 0) is 24.6 Å². The predicted molar refractivity (Wildman–Crippen MR) is 71.9 cm³/mol. The summed E-state index contributed by atoms with van der Waals surface area (Å²) < 4.78 is 0. The zero-order valence-corrected chi connectivity index (χ0v) is 11.2. The maximum Gasteiger partial charge on any atom is 0.234 e. The number of H-pyrrole nitrogens is 1. The first-order valence-electron chi connectivity index (χ1n) is 5.19. The molecular formula is C11H11ClN4OS. The van der Waals surface area contributed by atoms with Crippen LogP contribution in [0.4, 0.5) is 5.69 Å². The van der Waals surface area contributed by atoms with E-state index in [-0.39, 0.29) is 11.7 Å². The number of nitrogens with zero attached hydrogens (tertiary/aromatic N) is 2. The van der Waals surface area contributed by atoms with Gasteiger partial charge in [-0.3, -0.25) is 9.89 Å². The largest absolute Gasteiger partial charge is 0.324 e. The molecule has 18 heavy (non-hydrogen) atoms. The van der Waals surface area contributed by atoms with Crippen LogP contribution in [0.1, 0.15) is 5.56 Å². The summed E-state index contributed by atoms with van der Waals surface area (Å²) in [5, 5.41) is 10.3. The molecule has 1 amide bonds. The van der Waals surface area contributed by atoms with Gasteiger partial charge in [-0.15, -0.1) is 0 Å². The number of halogens is 1. The van der Waals surface area contributed by atoms with E-state index in [9.17, 15) is 4.79 Å². The van der Waals surface area contributed by atoms with E-state index >= 15 is 0 Å².